The van der Waals surface area contributed by atoms with Crippen molar-refractivity contribution in [2.45, 2.75) is 13.5 Å². The summed E-state index contributed by atoms with van der Waals surface area (Å²) in [4.78, 5) is 32.1. The van der Waals surface area contributed by atoms with Gasteiger partial charge in [-0.1, -0.05) is 78.4 Å². The second kappa shape index (κ2) is 14.2. The largest absolute Gasteiger partial charge is 0.496 e. The van der Waals surface area contributed by atoms with Crippen LogP contribution in [-0.2, 0) is 6.54 Å². The maximum atomic E-state index is 13.4. The molecule has 1 aliphatic rings. The lowest BCUT2D eigenvalue weighted by Crippen LogP contribution is -2.53. The Morgan fingerprint density at radius 2 is 1.62 bits per heavy atom. The smallest absolute Gasteiger partial charge is 0.317 e. The van der Waals surface area contributed by atoms with E-state index in [1.165, 1.54) is 0 Å². The lowest BCUT2D eigenvalue weighted by atomic mass is 10.1. The molecule has 3 aromatic rings. The Balaban J connectivity index is 1.32. The summed E-state index contributed by atoms with van der Waals surface area (Å²) in [5.41, 5.74) is 3.87. The lowest BCUT2D eigenvalue weighted by Gasteiger charge is -2.35. The van der Waals surface area contributed by atoms with Crippen LogP contribution in [0.5, 0.6) is 5.75 Å². The number of urea groups is 1. The molecule has 0 unspecified atom stereocenters. The first-order valence-electron chi connectivity index (χ1n) is 13.5. The number of carbonyl (C=O) groups excluding carboxylic acids is 2. The molecule has 1 N–H and O–H groups in total. The van der Waals surface area contributed by atoms with Gasteiger partial charge in [-0.2, -0.15) is 0 Å². The van der Waals surface area contributed by atoms with Crippen LogP contribution in [0.1, 0.15) is 27.0 Å². The van der Waals surface area contributed by atoms with E-state index in [9.17, 15) is 9.59 Å². The van der Waals surface area contributed by atoms with Crippen molar-refractivity contribution >= 4 is 18.0 Å². The molecule has 1 aliphatic heterocycles. The fourth-order valence-corrected chi connectivity index (χ4v) is 4.59. The number of piperazine rings is 1. The van der Waals surface area contributed by atoms with E-state index in [1.807, 2.05) is 108 Å². The van der Waals surface area contributed by atoms with Gasteiger partial charge < -0.3 is 19.9 Å². The predicted octanol–water partition coefficient (Wildman–Crippen LogP) is 4.69. The van der Waals surface area contributed by atoms with Crippen molar-refractivity contribution in [1.29, 1.82) is 0 Å². The third kappa shape index (κ3) is 8.19. The van der Waals surface area contributed by atoms with Crippen LogP contribution in [-0.4, -0.2) is 79.6 Å². The summed E-state index contributed by atoms with van der Waals surface area (Å²) in [5, 5.41) is 3.01. The molecule has 0 aliphatic carbocycles. The van der Waals surface area contributed by atoms with Crippen molar-refractivity contribution < 1.29 is 14.3 Å². The number of hydrogen-bond acceptors (Lipinski definition) is 4. The molecule has 204 valence electrons. The van der Waals surface area contributed by atoms with Crippen molar-refractivity contribution in [3.63, 3.8) is 0 Å². The van der Waals surface area contributed by atoms with Crippen LogP contribution >= 0.6 is 0 Å². The fraction of sp³-hybridized carbons (Fsp3) is 0.312. The number of hydrogen-bond donors (Lipinski definition) is 1. The van der Waals surface area contributed by atoms with Gasteiger partial charge in [-0.15, -0.1) is 0 Å². The van der Waals surface area contributed by atoms with Crippen molar-refractivity contribution in [1.82, 2.24) is 20.0 Å². The number of nitrogens with one attached hydrogen (secondary N) is 1. The van der Waals surface area contributed by atoms with Gasteiger partial charge in [0.1, 0.15) is 5.75 Å². The third-order valence-corrected chi connectivity index (χ3v) is 6.98. The first-order valence-corrected chi connectivity index (χ1v) is 13.5. The summed E-state index contributed by atoms with van der Waals surface area (Å²) in [6, 6.07) is 25.5. The average molecular weight is 527 g/mol. The van der Waals surface area contributed by atoms with Crippen molar-refractivity contribution in [2.75, 3.05) is 52.9 Å². The minimum atomic E-state index is -0.0313. The van der Waals surface area contributed by atoms with Gasteiger partial charge in [0.25, 0.3) is 5.91 Å². The average Bonchev–Trinajstić information content (AvgIpc) is 2.98. The van der Waals surface area contributed by atoms with Crippen LogP contribution in [0.3, 0.4) is 0 Å². The number of ether oxygens (including phenoxy) is 1. The van der Waals surface area contributed by atoms with E-state index < -0.39 is 0 Å². The lowest BCUT2D eigenvalue weighted by molar-refractivity contribution is 0.0738. The molecule has 4 rings (SSSR count). The summed E-state index contributed by atoms with van der Waals surface area (Å²) < 4.78 is 5.45. The van der Waals surface area contributed by atoms with Gasteiger partial charge in [-0.25, -0.2) is 4.79 Å². The number of nitrogens with zero attached hydrogens (tertiary/aromatic N) is 3. The van der Waals surface area contributed by atoms with Crippen molar-refractivity contribution in [2.24, 2.45) is 0 Å². The third-order valence-electron chi connectivity index (χ3n) is 6.98. The van der Waals surface area contributed by atoms with E-state index >= 15 is 0 Å². The molecule has 39 heavy (non-hydrogen) atoms. The molecule has 0 atom stereocenters. The molecule has 7 nitrogen and oxygen atoms in total. The molecule has 1 saturated heterocycles. The Bertz CT molecular complexity index is 1240. The van der Waals surface area contributed by atoms with E-state index in [0.717, 1.165) is 42.1 Å². The van der Waals surface area contributed by atoms with Crippen LogP contribution in [0.4, 0.5) is 4.79 Å². The number of benzene rings is 3. The number of amides is 3. The summed E-state index contributed by atoms with van der Waals surface area (Å²) in [5.74, 6) is 0.814. The molecule has 0 saturated carbocycles. The Hall–Kier alpha value is -4.10. The number of methoxy groups -OCH3 is 1. The van der Waals surface area contributed by atoms with Gasteiger partial charge in [-0.05, 0) is 30.7 Å². The summed E-state index contributed by atoms with van der Waals surface area (Å²) in [6.07, 6.45) is 4.01. The summed E-state index contributed by atoms with van der Waals surface area (Å²) in [6.45, 7) is 7.28. The SMILES string of the molecule is COc1ccccc1/C=C/CN(CCN1CCN(C(=O)NCc2ccccc2)CC1)C(=O)c1ccc(C)cc1. The minimum Gasteiger partial charge on any atom is -0.496 e. The second-order valence-electron chi connectivity index (χ2n) is 9.73. The van der Waals surface area contributed by atoms with Crippen LogP contribution < -0.4 is 10.1 Å². The number of rotatable bonds is 10. The molecule has 0 bridgehead atoms. The molecular weight excluding hydrogens is 488 g/mol. The zero-order valence-corrected chi connectivity index (χ0v) is 22.9. The van der Waals surface area contributed by atoms with Crippen LogP contribution in [0, 0.1) is 6.92 Å². The predicted molar refractivity (Wildman–Crippen MR) is 156 cm³/mol. The molecule has 0 spiro atoms. The van der Waals surface area contributed by atoms with E-state index in [1.54, 1.807) is 7.11 Å². The van der Waals surface area contributed by atoms with E-state index in [2.05, 4.69) is 10.2 Å². The molecule has 3 aromatic carbocycles. The summed E-state index contributed by atoms with van der Waals surface area (Å²) >= 11 is 0. The van der Waals surface area contributed by atoms with Crippen LogP contribution in [0.2, 0.25) is 0 Å². The number of para-hydroxylation sites is 1. The van der Waals surface area contributed by atoms with Gasteiger partial charge in [0, 0.05) is 63.5 Å². The Morgan fingerprint density at radius 1 is 0.923 bits per heavy atom. The number of aryl methyl sites for hydroxylation is 1. The van der Waals surface area contributed by atoms with E-state index in [0.29, 0.717) is 38.3 Å². The highest BCUT2D eigenvalue weighted by Crippen LogP contribution is 2.19. The Morgan fingerprint density at radius 3 is 2.33 bits per heavy atom. The van der Waals surface area contributed by atoms with Gasteiger partial charge in [0.15, 0.2) is 0 Å². The maximum absolute atomic E-state index is 13.4. The first-order chi connectivity index (χ1) is 19.0. The molecule has 1 fully saturated rings. The normalized spacial score (nSPS) is 13.8. The van der Waals surface area contributed by atoms with E-state index in [-0.39, 0.29) is 11.9 Å². The van der Waals surface area contributed by atoms with E-state index in [4.69, 9.17) is 4.74 Å². The Kier molecular flexibility index (Phi) is 10.1. The highest BCUT2D eigenvalue weighted by molar-refractivity contribution is 5.94. The zero-order chi connectivity index (χ0) is 27.5. The number of carbonyl (C=O) groups is 2. The monoisotopic (exact) mass is 526 g/mol. The van der Waals surface area contributed by atoms with Crippen molar-refractivity contribution in [3.05, 3.63) is 107 Å². The second-order valence-corrected chi connectivity index (χ2v) is 9.73. The van der Waals surface area contributed by atoms with Crippen LogP contribution in [0.15, 0.2) is 84.9 Å². The molecule has 7 heteroatoms. The quantitative estimate of drug-likeness (QED) is 0.417. The molecule has 0 radical (unpaired) electrons. The molecular formula is C32H38N4O3. The minimum absolute atomic E-state index is 0.0126. The van der Waals surface area contributed by atoms with Crippen molar-refractivity contribution in [3.8, 4) is 5.75 Å². The van der Waals surface area contributed by atoms with Gasteiger partial charge in [-0.3, -0.25) is 9.69 Å². The van der Waals surface area contributed by atoms with Gasteiger partial charge >= 0.3 is 6.03 Å². The standard InChI is InChI=1S/C32H38N4O3/c1-26-14-16-29(17-15-26)31(37)35(18-8-12-28-11-6-7-13-30(28)39-2)22-19-34-20-23-36(24-21-34)32(38)33-25-27-9-4-3-5-10-27/h3-17H,18-25H2,1-2H3,(H,33,38)/b12-8+. The first kappa shape index (κ1) is 27.9. The fourth-order valence-electron chi connectivity index (χ4n) is 4.59. The molecule has 1 heterocycles. The summed E-state index contributed by atoms with van der Waals surface area (Å²) in [7, 11) is 1.66. The molecule has 3 amide bonds. The van der Waals surface area contributed by atoms with Crippen LogP contribution in [0.25, 0.3) is 6.08 Å². The Labute approximate surface area is 231 Å². The van der Waals surface area contributed by atoms with Gasteiger partial charge in [0.05, 0.1) is 7.11 Å². The molecule has 0 aromatic heterocycles. The van der Waals surface area contributed by atoms with Gasteiger partial charge in [0.2, 0.25) is 0 Å². The highest BCUT2D eigenvalue weighted by Gasteiger charge is 2.22. The highest BCUT2D eigenvalue weighted by atomic mass is 16.5. The topological polar surface area (TPSA) is 65.1 Å². The maximum Gasteiger partial charge on any atom is 0.317 e. The zero-order valence-electron chi connectivity index (χ0n) is 22.9.